The molecule has 2 heterocycles. The van der Waals surface area contributed by atoms with Gasteiger partial charge in [-0.15, -0.1) is 11.3 Å². The number of fused-ring (bicyclic) bond motifs is 1. The third kappa shape index (κ3) is 3.63. The first-order valence-corrected chi connectivity index (χ1v) is 9.40. The van der Waals surface area contributed by atoms with Gasteiger partial charge >= 0.3 is 5.69 Å². The Kier molecular flexibility index (Phi) is 6.37. The van der Waals surface area contributed by atoms with E-state index in [9.17, 15) is 9.59 Å². The van der Waals surface area contributed by atoms with Crippen LogP contribution in [0.25, 0.3) is 10.2 Å². The van der Waals surface area contributed by atoms with Gasteiger partial charge in [-0.3, -0.25) is 13.9 Å². The van der Waals surface area contributed by atoms with Crippen LogP contribution in [-0.2, 0) is 19.6 Å². The van der Waals surface area contributed by atoms with Gasteiger partial charge in [0, 0.05) is 37.6 Å². The van der Waals surface area contributed by atoms with Crippen molar-refractivity contribution in [3.63, 3.8) is 0 Å². The molecule has 0 spiro atoms. The van der Waals surface area contributed by atoms with Gasteiger partial charge in [0.05, 0.1) is 5.39 Å². The van der Waals surface area contributed by atoms with Crippen molar-refractivity contribution >= 4 is 21.6 Å². The molecule has 24 heavy (non-hydrogen) atoms. The molecule has 0 atom stereocenters. The lowest BCUT2D eigenvalue weighted by Gasteiger charge is -2.12. The summed E-state index contributed by atoms with van der Waals surface area (Å²) in [6.45, 7) is 11.1. The van der Waals surface area contributed by atoms with E-state index in [0.717, 1.165) is 28.2 Å². The maximum absolute atomic E-state index is 12.8. The van der Waals surface area contributed by atoms with E-state index in [1.807, 2.05) is 13.8 Å². The molecular weight excluding hydrogens is 324 g/mol. The van der Waals surface area contributed by atoms with Crippen LogP contribution in [0.4, 0.5) is 0 Å². The summed E-state index contributed by atoms with van der Waals surface area (Å²) in [6.07, 6.45) is 0.911. The standard InChI is InChI=1S/C17H28N4O2S/c1-5-20-15(22)14-12(4)13(10-19-8-7-18)24-16(14)21(17(20)23)9-6-11(2)3/h11,19H,5-10,18H2,1-4H3. The first kappa shape index (κ1) is 18.9. The van der Waals surface area contributed by atoms with Crippen LogP contribution in [0.15, 0.2) is 9.59 Å². The van der Waals surface area contributed by atoms with Gasteiger partial charge in [-0.2, -0.15) is 0 Å². The molecule has 0 aliphatic heterocycles. The molecule has 0 radical (unpaired) electrons. The van der Waals surface area contributed by atoms with Gasteiger partial charge in [0.2, 0.25) is 0 Å². The van der Waals surface area contributed by atoms with E-state index in [1.165, 1.54) is 4.57 Å². The van der Waals surface area contributed by atoms with Gasteiger partial charge in [0.1, 0.15) is 4.83 Å². The SMILES string of the molecule is CCn1c(=O)c2c(C)c(CNCCN)sc2n(CCC(C)C)c1=O. The summed E-state index contributed by atoms with van der Waals surface area (Å²) in [6, 6.07) is 0. The molecule has 0 aliphatic rings. The van der Waals surface area contributed by atoms with Crippen LogP contribution in [0, 0.1) is 12.8 Å². The second-order valence-corrected chi connectivity index (χ2v) is 7.55. The maximum atomic E-state index is 12.8. The number of hydrogen-bond acceptors (Lipinski definition) is 5. The molecule has 134 valence electrons. The second kappa shape index (κ2) is 8.09. The van der Waals surface area contributed by atoms with E-state index in [2.05, 4.69) is 19.2 Å². The van der Waals surface area contributed by atoms with Gasteiger partial charge < -0.3 is 11.1 Å². The Morgan fingerprint density at radius 3 is 2.54 bits per heavy atom. The van der Waals surface area contributed by atoms with Gasteiger partial charge in [-0.05, 0) is 31.7 Å². The summed E-state index contributed by atoms with van der Waals surface area (Å²) < 4.78 is 3.13. The lowest BCUT2D eigenvalue weighted by molar-refractivity contribution is 0.497. The van der Waals surface area contributed by atoms with Crippen LogP contribution in [0.2, 0.25) is 0 Å². The van der Waals surface area contributed by atoms with Crippen LogP contribution in [0.3, 0.4) is 0 Å². The molecule has 6 nitrogen and oxygen atoms in total. The summed E-state index contributed by atoms with van der Waals surface area (Å²) in [7, 11) is 0. The first-order valence-electron chi connectivity index (χ1n) is 8.58. The minimum atomic E-state index is -0.196. The van der Waals surface area contributed by atoms with Crippen LogP contribution >= 0.6 is 11.3 Å². The zero-order valence-electron chi connectivity index (χ0n) is 15.0. The molecule has 0 aromatic carbocycles. The predicted molar refractivity (Wildman–Crippen MR) is 101 cm³/mol. The number of hydrogen-bond donors (Lipinski definition) is 2. The van der Waals surface area contributed by atoms with Crippen molar-refractivity contribution in [3.05, 3.63) is 31.3 Å². The molecule has 0 aliphatic carbocycles. The number of nitrogens with zero attached hydrogens (tertiary/aromatic N) is 2. The Labute approximate surface area is 146 Å². The minimum Gasteiger partial charge on any atom is -0.329 e. The molecule has 0 saturated heterocycles. The Balaban J connectivity index is 2.63. The van der Waals surface area contributed by atoms with Crippen molar-refractivity contribution < 1.29 is 0 Å². The largest absolute Gasteiger partial charge is 0.332 e. The Morgan fingerprint density at radius 1 is 1.25 bits per heavy atom. The molecule has 0 fully saturated rings. The molecule has 3 N–H and O–H groups in total. The Hall–Kier alpha value is -1.44. The van der Waals surface area contributed by atoms with E-state index in [0.29, 0.717) is 37.5 Å². The highest BCUT2D eigenvalue weighted by atomic mass is 32.1. The number of nitrogens with two attached hydrogens (primary N) is 1. The van der Waals surface area contributed by atoms with Crippen LogP contribution in [0.1, 0.15) is 37.6 Å². The average Bonchev–Trinajstić information content (AvgIpc) is 2.85. The predicted octanol–water partition coefficient (Wildman–Crippen LogP) is 1.65. The quantitative estimate of drug-likeness (QED) is 0.708. The molecule has 0 amide bonds. The fraction of sp³-hybridized carbons (Fsp3) is 0.647. The lowest BCUT2D eigenvalue weighted by atomic mass is 10.1. The van der Waals surface area contributed by atoms with Crippen molar-refractivity contribution in [1.29, 1.82) is 0 Å². The summed E-state index contributed by atoms with van der Waals surface area (Å²) >= 11 is 1.55. The molecule has 0 saturated carbocycles. The van der Waals surface area contributed by atoms with Gasteiger partial charge in [-0.1, -0.05) is 13.8 Å². The molecule has 7 heteroatoms. The van der Waals surface area contributed by atoms with Gasteiger partial charge in [0.15, 0.2) is 0 Å². The number of nitrogens with one attached hydrogen (secondary N) is 1. The van der Waals surface area contributed by atoms with Crippen molar-refractivity contribution in [1.82, 2.24) is 14.5 Å². The van der Waals surface area contributed by atoms with Crippen molar-refractivity contribution in [3.8, 4) is 0 Å². The highest BCUT2D eigenvalue weighted by molar-refractivity contribution is 7.18. The number of aromatic nitrogens is 2. The third-order valence-corrected chi connectivity index (χ3v) is 5.56. The Bertz CT molecular complexity index is 817. The minimum absolute atomic E-state index is 0.169. The van der Waals surface area contributed by atoms with E-state index >= 15 is 0 Å². The van der Waals surface area contributed by atoms with E-state index in [4.69, 9.17) is 5.73 Å². The summed E-state index contributed by atoms with van der Waals surface area (Å²) in [4.78, 5) is 27.4. The van der Waals surface area contributed by atoms with Gasteiger partial charge in [-0.25, -0.2) is 4.79 Å². The number of thiophene rings is 1. The van der Waals surface area contributed by atoms with E-state index in [-0.39, 0.29) is 11.2 Å². The molecular formula is C17H28N4O2S. The third-order valence-electron chi connectivity index (χ3n) is 4.25. The van der Waals surface area contributed by atoms with Crippen LogP contribution in [0.5, 0.6) is 0 Å². The summed E-state index contributed by atoms with van der Waals surface area (Å²) in [5.74, 6) is 0.501. The Morgan fingerprint density at radius 2 is 1.96 bits per heavy atom. The fourth-order valence-corrected chi connectivity index (χ4v) is 4.06. The van der Waals surface area contributed by atoms with Crippen molar-refractivity contribution in [2.24, 2.45) is 11.7 Å². The zero-order valence-corrected chi connectivity index (χ0v) is 15.8. The summed E-state index contributed by atoms with van der Waals surface area (Å²) in [5, 5.41) is 3.96. The smallest absolute Gasteiger partial charge is 0.329 e. The first-order chi connectivity index (χ1) is 11.4. The maximum Gasteiger partial charge on any atom is 0.332 e. The molecule has 2 rings (SSSR count). The molecule has 2 aromatic heterocycles. The van der Waals surface area contributed by atoms with Crippen molar-refractivity contribution in [2.75, 3.05) is 13.1 Å². The normalized spacial score (nSPS) is 11.8. The van der Waals surface area contributed by atoms with Crippen molar-refractivity contribution in [2.45, 2.75) is 53.8 Å². The molecule has 0 unspecified atom stereocenters. The summed E-state index contributed by atoms with van der Waals surface area (Å²) in [5.41, 5.74) is 6.13. The van der Waals surface area contributed by atoms with Crippen LogP contribution < -0.4 is 22.3 Å². The second-order valence-electron chi connectivity index (χ2n) is 6.46. The highest BCUT2D eigenvalue weighted by Crippen LogP contribution is 2.28. The van der Waals surface area contributed by atoms with E-state index in [1.54, 1.807) is 15.9 Å². The average molecular weight is 353 g/mol. The lowest BCUT2D eigenvalue weighted by Crippen LogP contribution is -2.39. The van der Waals surface area contributed by atoms with E-state index < -0.39 is 0 Å². The number of aryl methyl sites for hydroxylation is 2. The topological polar surface area (TPSA) is 82.0 Å². The molecule has 0 bridgehead atoms. The fourth-order valence-electron chi connectivity index (χ4n) is 2.78. The van der Waals surface area contributed by atoms with Crippen LogP contribution in [-0.4, -0.2) is 22.2 Å². The van der Waals surface area contributed by atoms with Gasteiger partial charge in [0.25, 0.3) is 5.56 Å². The monoisotopic (exact) mass is 352 g/mol. The molecule has 2 aromatic rings. The highest BCUT2D eigenvalue weighted by Gasteiger charge is 2.19. The number of rotatable bonds is 8. The zero-order chi connectivity index (χ0) is 17.9.